The molecule has 1 unspecified atom stereocenters. The maximum Gasteiger partial charge on any atom is 0.343 e. The summed E-state index contributed by atoms with van der Waals surface area (Å²) in [6.07, 6.45) is 13.9. The number of allylic oxidation sites excluding steroid dienone is 6. The molecule has 1 heteroatoms. The molecular weight excluding hydrogens is 184 g/mol. The van der Waals surface area contributed by atoms with E-state index in [9.17, 15) is 0 Å². The minimum Gasteiger partial charge on any atom is -0.258 e. The van der Waals surface area contributed by atoms with E-state index in [0.717, 1.165) is 11.7 Å². The van der Waals surface area contributed by atoms with Crippen LogP contribution in [-0.4, -0.2) is 12.9 Å². The van der Waals surface area contributed by atoms with Crippen molar-refractivity contribution in [1.82, 2.24) is 0 Å². The van der Waals surface area contributed by atoms with Gasteiger partial charge in [-0.1, -0.05) is 18.9 Å². The lowest BCUT2D eigenvalue weighted by Gasteiger charge is -2.23. The summed E-state index contributed by atoms with van der Waals surface area (Å²) in [4.78, 5) is 0. The minimum absolute atomic E-state index is 0.757. The molecule has 1 fully saturated rings. The Kier molecular flexibility index (Phi) is 3.20. The Bertz CT molecular complexity index is 338. The molecule has 1 nitrogen and oxygen atoms in total. The first-order valence-electron chi connectivity index (χ1n) is 5.81. The minimum atomic E-state index is 0.757. The first-order valence-corrected chi connectivity index (χ1v) is 5.81. The van der Waals surface area contributed by atoms with Gasteiger partial charge in [0.05, 0.1) is 0 Å². The lowest BCUT2D eigenvalue weighted by Crippen LogP contribution is -2.09. The average Bonchev–Trinajstić information content (AvgIpc) is 2.30. The molecule has 0 N–H and O–H groups in total. The van der Waals surface area contributed by atoms with Gasteiger partial charge in [-0.25, -0.2) is 0 Å². The molecule has 0 aromatic carbocycles. The summed E-state index contributed by atoms with van der Waals surface area (Å²) in [5, 5.41) is 0. The highest BCUT2D eigenvalue weighted by Crippen LogP contribution is 2.32. The molecule has 0 heterocycles. The molecule has 0 aromatic rings. The zero-order chi connectivity index (χ0) is 10.7. The fraction of sp³-hybridized carbons (Fsp3) is 0.500. The Morgan fingerprint density at radius 2 is 1.87 bits per heavy atom. The third-order valence-corrected chi connectivity index (χ3v) is 3.39. The highest BCUT2D eigenvalue weighted by atomic mass is 16.4. The molecular formula is C14H19O+. The molecule has 0 amide bonds. The van der Waals surface area contributed by atoms with E-state index < -0.39 is 0 Å². The Morgan fingerprint density at radius 3 is 2.47 bits per heavy atom. The maximum absolute atomic E-state index is 5.17. The van der Waals surface area contributed by atoms with Crippen molar-refractivity contribution in [1.29, 1.82) is 0 Å². The monoisotopic (exact) mass is 203 g/mol. The maximum atomic E-state index is 5.17. The Balaban J connectivity index is 2.23. The second kappa shape index (κ2) is 4.61. The molecule has 2 rings (SSSR count). The van der Waals surface area contributed by atoms with Gasteiger partial charge in [-0.05, 0) is 42.9 Å². The largest absolute Gasteiger partial charge is 0.343 e. The summed E-state index contributed by atoms with van der Waals surface area (Å²) in [6, 6.07) is 0. The molecule has 1 atom stereocenters. The molecule has 0 aliphatic heterocycles. The van der Waals surface area contributed by atoms with Gasteiger partial charge in [-0.3, -0.25) is 4.42 Å². The second-order valence-corrected chi connectivity index (χ2v) is 4.40. The number of carbonyl (C=O) groups excluding carboxylic acids is 1. The van der Waals surface area contributed by atoms with E-state index in [-0.39, 0.29) is 0 Å². The molecule has 1 saturated carbocycles. The molecule has 0 spiro atoms. The van der Waals surface area contributed by atoms with E-state index >= 15 is 0 Å². The van der Waals surface area contributed by atoms with Crippen molar-refractivity contribution in [2.45, 2.75) is 32.6 Å². The number of rotatable bonds is 0. The van der Waals surface area contributed by atoms with Crippen molar-refractivity contribution in [2.24, 2.45) is 5.92 Å². The van der Waals surface area contributed by atoms with E-state index in [1.165, 1.54) is 31.3 Å². The van der Waals surface area contributed by atoms with Crippen molar-refractivity contribution in [3.8, 4) is 0 Å². The normalized spacial score (nSPS) is 26.0. The number of hydrogen-bond acceptors (Lipinski definition) is 0. The predicted molar refractivity (Wildman–Crippen MR) is 63.9 cm³/mol. The summed E-state index contributed by atoms with van der Waals surface area (Å²) >= 11 is 0. The van der Waals surface area contributed by atoms with Crippen LogP contribution in [0.15, 0.2) is 35.5 Å². The van der Waals surface area contributed by atoms with Crippen LogP contribution in [0.4, 0.5) is 0 Å². The van der Waals surface area contributed by atoms with Crippen molar-refractivity contribution >= 4 is 5.78 Å². The SMILES string of the molecule is C[O+]=C1C=CC(=C2CCCCC2C)C=C1. The van der Waals surface area contributed by atoms with Crippen LogP contribution in [0.2, 0.25) is 0 Å². The molecule has 0 saturated heterocycles. The van der Waals surface area contributed by atoms with Crippen LogP contribution in [0.1, 0.15) is 32.6 Å². The average molecular weight is 203 g/mol. The Morgan fingerprint density at radius 1 is 1.13 bits per heavy atom. The van der Waals surface area contributed by atoms with Crippen molar-refractivity contribution in [3.63, 3.8) is 0 Å². The van der Waals surface area contributed by atoms with Crippen LogP contribution in [0.5, 0.6) is 0 Å². The topological polar surface area (TPSA) is 11.3 Å². The first-order chi connectivity index (χ1) is 7.31. The smallest absolute Gasteiger partial charge is 0.258 e. The van der Waals surface area contributed by atoms with E-state index in [2.05, 4.69) is 31.2 Å². The first kappa shape index (κ1) is 10.4. The molecule has 2 aliphatic carbocycles. The molecule has 2 aliphatic rings. The fourth-order valence-corrected chi connectivity index (χ4v) is 2.42. The van der Waals surface area contributed by atoms with E-state index in [1.807, 2.05) is 0 Å². The standard InChI is InChI=1S/C14H19O/c1-11-5-3-4-6-14(11)12-7-9-13(15-2)10-8-12/h7-11H,3-6H2,1-2H3/q+1. The quantitative estimate of drug-likeness (QED) is 0.535. The zero-order valence-corrected chi connectivity index (χ0v) is 9.62. The third-order valence-electron chi connectivity index (χ3n) is 3.39. The van der Waals surface area contributed by atoms with Gasteiger partial charge < -0.3 is 0 Å². The summed E-state index contributed by atoms with van der Waals surface area (Å²) in [6.45, 7) is 2.35. The van der Waals surface area contributed by atoms with Gasteiger partial charge >= 0.3 is 5.78 Å². The van der Waals surface area contributed by atoms with Crippen LogP contribution in [0.3, 0.4) is 0 Å². The fourth-order valence-electron chi connectivity index (χ4n) is 2.42. The van der Waals surface area contributed by atoms with Gasteiger partial charge in [0.15, 0.2) is 0 Å². The van der Waals surface area contributed by atoms with Gasteiger partial charge in [0.2, 0.25) is 0 Å². The van der Waals surface area contributed by atoms with Crippen LogP contribution < -0.4 is 0 Å². The van der Waals surface area contributed by atoms with E-state index in [0.29, 0.717) is 0 Å². The lowest BCUT2D eigenvalue weighted by atomic mass is 9.82. The highest BCUT2D eigenvalue weighted by molar-refractivity contribution is 6.01. The summed E-state index contributed by atoms with van der Waals surface area (Å²) in [7, 11) is 1.71. The van der Waals surface area contributed by atoms with Crippen LogP contribution in [0.25, 0.3) is 0 Å². The van der Waals surface area contributed by atoms with Crippen molar-refractivity contribution in [2.75, 3.05) is 7.11 Å². The number of ketones is 1. The Hall–Kier alpha value is -1.11. The molecule has 0 radical (unpaired) electrons. The van der Waals surface area contributed by atoms with Crippen LogP contribution in [0, 0.1) is 5.92 Å². The zero-order valence-electron chi connectivity index (χ0n) is 9.62. The van der Waals surface area contributed by atoms with Gasteiger partial charge in [-0.15, -0.1) is 0 Å². The van der Waals surface area contributed by atoms with Gasteiger partial charge in [-0.2, -0.15) is 0 Å². The summed E-state index contributed by atoms with van der Waals surface area (Å²) in [5.41, 5.74) is 3.03. The second-order valence-electron chi connectivity index (χ2n) is 4.40. The van der Waals surface area contributed by atoms with Gasteiger partial charge in [0.1, 0.15) is 0 Å². The van der Waals surface area contributed by atoms with Gasteiger partial charge in [0.25, 0.3) is 7.11 Å². The Labute approximate surface area is 91.9 Å². The van der Waals surface area contributed by atoms with Crippen LogP contribution >= 0.6 is 0 Å². The predicted octanol–water partition coefficient (Wildman–Crippen LogP) is 3.35. The summed E-state index contributed by atoms with van der Waals surface area (Å²) < 4.78 is 5.17. The molecule has 80 valence electrons. The van der Waals surface area contributed by atoms with E-state index in [1.54, 1.807) is 12.7 Å². The number of hydrogen-bond donors (Lipinski definition) is 0. The van der Waals surface area contributed by atoms with Crippen LogP contribution in [-0.2, 0) is 4.42 Å². The molecule has 0 bridgehead atoms. The van der Waals surface area contributed by atoms with E-state index in [4.69, 9.17) is 4.42 Å². The molecule has 15 heavy (non-hydrogen) atoms. The van der Waals surface area contributed by atoms with Crippen molar-refractivity contribution in [3.05, 3.63) is 35.5 Å². The van der Waals surface area contributed by atoms with Crippen molar-refractivity contribution < 1.29 is 4.42 Å². The van der Waals surface area contributed by atoms with Gasteiger partial charge in [0, 0.05) is 12.2 Å². The summed E-state index contributed by atoms with van der Waals surface area (Å²) in [5.74, 6) is 1.70. The molecule has 0 aromatic heterocycles. The third kappa shape index (κ3) is 2.28. The highest BCUT2D eigenvalue weighted by Gasteiger charge is 2.18. The lowest BCUT2D eigenvalue weighted by molar-refractivity contribution is -0.417.